The number of benzene rings is 1. The number of carbonyl (C=O) groups excluding carboxylic acids is 1. The third kappa shape index (κ3) is 3.93. The summed E-state index contributed by atoms with van der Waals surface area (Å²) < 4.78 is 1.42. The molecule has 4 heterocycles. The van der Waals surface area contributed by atoms with Crippen LogP contribution >= 0.6 is 0 Å². The van der Waals surface area contributed by atoms with Gasteiger partial charge in [0.25, 0.3) is 11.5 Å². The minimum atomic E-state index is -0.357. The molecule has 1 saturated heterocycles. The Balaban J connectivity index is 1.10. The van der Waals surface area contributed by atoms with Gasteiger partial charge in [-0.15, -0.1) is 0 Å². The van der Waals surface area contributed by atoms with Crippen LogP contribution < -0.4 is 10.9 Å². The number of nitrogens with one attached hydrogen (secondary N) is 2. The highest BCUT2D eigenvalue weighted by Crippen LogP contribution is 2.38. The molecule has 6 rings (SSSR count). The van der Waals surface area contributed by atoms with E-state index in [-0.39, 0.29) is 17.2 Å². The lowest BCUT2D eigenvalue weighted by molar-refractivity contribution is 0.0204. The first-order chi connectivity index (χ1) is 16.1. The van der Waals surface area contributed by atoms with Crippen molar-refractivity contribution in [2.45, 2.75) is 32.4 Å². The van der Waals surface area contributed by atoms with E-state index in [2.05, 4.69) is 38.4 Å². The summed E-state index contributed by atoms with van der Waals surface area (Å²) in [6.45, 7) is 3.79. The molecule has 1 aliphatic heterocycles. The minimum absolute atomic E-state index is 0.129. The number of hydrogen-bond donors (Lipinski definition) is 2. The van der Waals surface area contributed by atoms with Gasteiger partial charge in [0.15, 0.2) is 0 Å². The Hall–Kier alpha value is -3.45. The summed E-state index contributed by atoms with van der Waals surface area (Å²) in [6, 6.07) is 14.9. The second-order valence-corrected chi connectivity index (χ2v) is 9.45. The molecule has 33 heavy (non-hydrogen) atoms. The molecule has 1 saturated carbocycles. The molecule has 1 aromatic carbocycles. The maximum absolute atomic E-state index is 12.6. The molecule has 4 aromatic rings. The predicted octanol–water partition coefficient (Wildman–Crippen LogP) is 3.34. The molecule has 7 nitrogen and oxygen atoms in total. The van der Waals surface area contributed by atoms with Crippen LogP contribution in [0.1, 0.15) is 41.0 Å². The number of likely N-dealkylation sites (tertiary alicyclic amines) is 1. The Morgan fingerprint density at radius 3 is 2.79 bits per heavy atom. The topological polar surface area (TPSA) is 82.5 Å². The van der Waals surface area contributed by atoms with E-state index in [1.807, 2.05) is 6.07 Å². The zero-order valence-corrected chi connectivity index (χ0v) is 18.5. The van der Waals surface area contributed by atoms with Crippen LogP contribution in [0.2, 0.25) is 0 Å². The highest BCUT2D eigenvalue weighted by Gasteiger charge is 2.36. The van der Waals surface area contributed by atoms with Gasteiger partial charge < -0.3 is 10.3 Å². The molecule has 1 amide bonds. The van der Waals surface area contributed by atoms with Crippen molar-refractivity contribution < 1.29 is 4.79 Å². The van der Waals surface area contributed by atoms with Gasteiger partial charge in [-0.25, -0.2) is 4.98 Å². The Kier molecular flexibility index (Phi) is 4.99. The van der Waals surface area contributed by atoms with E-state index in [9.17, 15) is 9.59 Å². The van der Waals surface area contributed by atoms with E-state index in [1.165, 1.54) is 53.9 Å². The van der Waals surface area contributed by atoms with Crippen LogP contribution in [0.5, 0.6) is 0 Å². The summed E-state index contributed by atoms with van der Waals surface area (Å²) in [4.78, 5) is 35.2. The van der Waals surface area contributed by atoms with Gasteiger partial charge >= 0.3 is 0 Å². The van der Waals surface area contributed by atoms with E-state index >= 15 is 0 Å². The fourth-order valence-corrected chi connectivity index (χ4v) is 5.06. The van der Waals surface area contributed by atoms with Crippen molar-refractivity contribution in [3.8, 4) is 0 Å². The fraction of sp³-hybridized carbons (Fsp3) is 0.346. The highest BCUT2D eigenvalue weighted by atomic mass is 16.2. The predicted molar refractivity (Wildman–Crippen MR) is 127 cm³/mol. The number of nitrogens with zero attached hydrogens (tertiary/aromatic N) is 3. The van der Waals surface area contributed by atoms with Gasteiger partial charge in [0.2, 0.25) is 0 Å². The normalized spacial score (nSPS) is 17.2. The monoisotopic (exact) mass is 441 g/mol. The second kappa shape index (κ2) is 8.15. The number of aromatic nitrogens is 3. The van der Waals surface area contributed by atoms with Crippen LogP contribution in [0, 0.1) is 11.8 Å². The summed E-state index contributed by atoms with van der Waals surface area (Å²) >= 11 is 0. The van der Waals surface area contributed by atoms with Crippen molar-refractivity contribution in [3.05, 3.63) is 82.0 Å². The standard InChI is InChI=1S/C26H27N5O2/c32-25-12-23(29-24-6-1-2-9-31(24)25)26(33)27-13-17-7-8-19-11-21(28-22(19)10-17)16-30-14-20(15-30)18-4-3-5-18/h1-2,6-12,18,20,28H,3-5,13-16H2,(H,27,33). The van der Waals surface area contributed by atoms with Crippen molar-refractivity contribution >= 4 is 22.5 Å². The zero-order valence-electron chi connectivity index (χ0n) is 18.5. The molecule has 2 aliphatic rings. The summed E-state index contributed by atoms with van der Waals surface area (Å²) in [7, 11) is 0. The number of aromatic amines is 1. The lowest BCUT2D eigenvalue weighted by Crippen LogP contribution is -2.50. The van der Waals surface area contributed by atoms with Crippen molar-refractivity contribution in [1.82, 2.24) is 24.6 Å². The Morgan fingerprint density at radius 2 is 1.97 bits per heavy atom. The van der Waals surface area contributed by atoms with Gasteiger partial charge in [-0.3, -0.25) is 18.9 Å². The van der Waals surface area contributed by atoms with Gasteiger partial charge in [0.1, 0.15) is 11.3 Å². The first kappa shape index (κ1) is 20.2. The van der Waals surface area contributed by atoms with Crippen molar-refractivity contribution in [2.75, 3.05) is 13.1 Å². The van der Waals surface area contributed by atoms with E-state index < -0.39 is 0 Å². The van der Waals surface area contributed by atoms with Crippen LogP contribution in [-0.2, 0) is 13.1 Å². The molecule has 2 N–H and O–H groups in total. The Bertz CT molecular complexity index is 1390. The molecule has 0 atom stereocenters. The number of amides is 1. The Morgan fingerprint density at radius 1 is 1.09 bits per heavy atom. The average Bonchev–Trinajstić information content (AvgIpc) is 3.16. The largest absolute Gasteiger partial charge is 0.357 e. The quantitative estimate of drug-likeness (QED) is 0.481. The highest BCUT2D eigenvalue weighted by molar-refractivity contribution is 5.92. The van der Waals surface area contributed by atoms with Crippen LogP contribution in [-0.4, -0.2) is 38.3 Å². The smallest absolute Gasteiger partial charge is 0.270 e. The third-order valence-corrected chi connectivity index (χ3v) is 7.20. The van der Waals surface area contributed by atoms with Crippen molar-refractivity contribution in [2.24, 2.45) is 11.8 Å². The van der Waals surface area contributed by atoms with Crippen LogP contribution in [0.4, 0.5) is 0 Å². The van der Waals surface area contributed by atoms with Gasteiger partial charge in [0, 0.05) is 49.7 Å². The van der Waals surface area contributed by atoms with Crippen LogP contribution in [0.3, 0.4) is 0 Å². The molecular weight excluding hydrogens is 414 g/mol. The van der Waals surface area contributed by atoms with Crippen molar-refractivity contribution in [3.63, 3.8) is 0 Å². The third-order valence-electron chi connectivity index (χ3n) is 7.20. The first-order valence-corrected chi connectivity index (χ1v) is 11.7. The zero-order chi connectivity index (χ0) is 22.4. The van der Waals surface area contributed by atoms with Crippen molar-refractivity contribution in [1.29, 1.82) is 0 Å². The number of fused-ring (bicyclic) bond motifs is 2. The summed E-state index contributed by atoms with van der Waals surface area (Å²) in [5.74, 6) is 1.53. The Labute approximate surface area is 191 Å². The molecule has 3 aromatic heterocycles. The van der Waals surface area contributed by atoms with Gasteiger partial charge in [-0.1, -0.05) is 37.5 Å². The average molecular weight is 442 g/mol. The van der Waals surface area contributed by atoms with Crippen LogP contribution in [0.25, 0.3) is 16.6 Å². The molecule has 0 radical (unpaired) electrons. The molecular formula is C26H27N5O2. The summed E-state index contributed by atoms with van der Waals surface area (Å²) in [6.07, 6.45) is 5.92. The van der Waals surface area contributed by atoms with E-state index in [0.29, 0.717) is 12.2 Å². The SMILES string of the molecule is O=C(NCc1ccc2cc(CN3CC(C4CCC4)C3)[nH]c2c1)c1cc(=O)n2ccccc2n1. The molecule has 168 valence electrons. The molecule has 0 bridgehead atoms. The number of rotatable bonds is 6. The molecule has 7 heteroatoms. The number of hydrogen-bond acceptors (Lipinski definition) is 4. The number of carbonyl (C=O) groups is 1. The van der Waals surface area contributed by atoms with Crippen LogP contribution in [0.15, 0.2) is 59.5 Å². The maximum atomic E-state index is 12.6. The number of pyridine rings is 1. The molecule has 1 aliphatic carbocycles. The van der Waals surface area contributed by atoms with E-state index in [0.717, 1.165) is 29.5 Å². The molecule has 2 fully saturated rings. The lowest BCUT2D eigenvalue weighted by atomic mass is 9.72. The number of H-pyrrole nitrogens is 1. The van der Waals surface area contributed by atoms with Gasteiger partial charge in [-0.2, -0.15) is 0 Å². The summed E-state index contributed by atoms with van der Waals surface area (Å²) in [5.41, 5.74) is 3.62. The van der Waals surface area contributed by atoms with E-state index in [1.54, 1.807) is 24.4 Å². The van der Waals surface area contributed by atoms with E-state index in [4.69, 9.17) is 0 Å². The van der Waals surface area contributed by atoms with Gasteiger partial charge in [0.05, 0.1) is 0 Å². The maximum Gasteiger partial charge on any atom is 0.270 e. The molecule has 0 spiro atoms. The summed E-state index contributed by atoms with van der Waals surface area (Å²) in [5, 5.41) is 4.06. The first-order valence-electron chi connectivity index (χ1n) is 11.7. The lowest BCUT2D eigenvalue weighted by Gasteiger charge is -2.46. The van der Waals surface area contributed by atoms with Gasteiger partial charge in [-0.05, 0) is 47.1 Å². The molecule has 0 unspecified atom stereocenters. The fourth-order valence-electron chi connectivity index (χ4n) is 5.06. The minimum Gasteiger partial charge on any atom is -0.357 e. The second-order valence-electron chi connectivity index (χ2n) is 9.45.